The van der Waals surface area contributed by atoms with Gasteiger partial charge in [0.15, 0.2) is 0 Å². The third kappa shape index (κ3) is 4.14. The summed E-state index contributed by atoms with van der Waals surface area (Å²) in [5.41, 5.74) is -1.43. The Morgan fingerprint density at radius 2 is 1.65 bits per heavy atom. The number of benzene rings is 1. The molecule has 5 aliphatic rings. The summed E-state index contributed by atoms with van der Waals surface area (Å²) in [5, 5.41) is 9.46. The van der Waals surface area contributed by atoms with E-state index in [2.05, 4.69) is 0 Å². The number of ether oxygens (including phenoxy) is 1. The van der Waals surface area contributed by atoms with Crippen LogP contribution in [-0.4, -0.2) is 82.2 Å². The van der Waals surface area contributed by atoms with Crippen LogP contribution in [-0.2, 0) is 19.1 Å². The fourth-order valence-electron chi connectivity index (χ4n) is 7.97. The number of carbonyl (C=O) groups excluding carboxylic acids is 3. The zero-order chi connectivity index (χ0) is 27.9. The van der Waals surface area contributed by atoms with E-state index < -0.39 is 29.1 Å². The van der Waals surface area contributed by atoms with Crippen molar-refractivity contribution in [3.63, 3.8) is 0 Å². The molecule has 8 nitrogen and oxygen atoms in total. The highest BCUT2D eigenvalue weighted by molar-refractivity contribution is 6.04. The van der Waals surface area contributed by atoms with Gasteiger partial charge in [-0.1, -0.05) is 68.7 Å². The topological polar surface area (TPSA) is 90.4 Å². The zero-order valence-corrected chi connectivity index (χ0v) is 23.4. The summed E-state index contributed by atoms with van der Waals surface area (Å²) in [5.74, 6) is -1.97. The highest BCUT2D eigenvalue weighted by atomic mass is 16.5. The van der Waals surface area contributed by atoms with Crippen LogP contribution in [0.15, 0.2) is 54.6 Å². The number of aliphatic hydroxyl groups excluding tert-OH is 1. The number of hydrogen-bond donors (Lipinski definition) is 1. The Kier molecular flexibility index (Phi) is 7.34. The van der Waals surface area contributed by atoms with Gasteiger partial charge in [-0.2, -0.15) is 0 Å². The molecule has 0 bridgehead atoms. The molecule has 1 spiro atoms. The van der Waals surface area contributed by atoms with E-state index in [4.69, 9.17) is 4.74 Å². The number of nitrogens with zero attached hydrogens (tertiary/aromatic N) is 3. The Balaban J connectivity index is 1.45. The van der Waals surface area contributed by atoms with E-state index in [9.17, 15) is 19.5 Å². The first-order valence-corrected chi connectivity index (χ1v) is 15.1. The van der Waals surface area contributed by atoms with E-state index in [1.165, 1.54) is 6.42 Å². The summed E-state index contributed by atoms with van der Waals surface area (Å²) in [6.45, 7) is 3.25. The van der Waals surface area contributed by atoms with Crippen molar-refractivity contribution in [3.05, 3.63) is 54.6 Å². The van der Waals surface area contributed by atoms with Crippen molar-refractivity contribution in [1.82, 2.24) is 9.80 Å². The van der Waals surface area contributed by atoms with Crippen molar-refractivity contribution in [2.45, 2.75) is 81.6 Å². The Morgan fingerprint density at radius 3 is 2.38 bits per heavy atom. The third-order valence-corrected chi connectivity index (χ3v) is 9.86. The van der Waals surface area contributed by atoms with E-state index in [1.54, 1.807) is 9.80 Å². The summed E-state index contributed by atoms with van der Waals surface area (Å²) < 4.78 is 7.06. The minimum Gasteiger partial charge on any atom is -0.396 e. The van der Waals surface area contributed by atoms with Gasteiger partial charge in [-0.3, -0.25) is 14.4 Å². The van der Waals surface area contributed by atoms with Gasteiger partial charge in [0.1, 0.15) is 11.6 Å². The van der Waals surface area contributed by atoms with Crippen LogP contribution in [0.4, 0.5) is 5.69 Å². The second-order valence-electron chi connectivity index (χ2n) is 12.0. The second-order valence-corrected chi connectivity index (χ2v) is 12.0. The van der Waals surface area contributed by atoms with Crippen molar-refractivity contribution in [1.29, 1.82) is 0 Å². The Bertz CT molecular complexity index is 1190. The molecule has 4 heterocycles. The summed E-state index contributed by atoms with van der Waals surface area (Å²) in [6, 6.07) is 8.87. The number of anilines is 1. The van der Waals surface area contributed by atoms with Crippen molar-refractivity contribution >= 4 is 23.4 Å². The maximum absolute atomic E-state index is 14.5. The van der Waals surface area contributed by atoms with Crippen LogP contribution >= 0.6 is 0 Å². The van der Waals surface area contributed by atoms with E-state index >= 15 is 0 Å². The average molecular weight is 548 g/mol. The van der Waals surface area contributed by atoms with Crippen molar-refractivity contribution < 1.29 is 24.2 Å². The molecule has 1 aromatic rings. The van der Waals surface area contributed by atoms with Crippen LogP contribution in [0.3, 0.4) is 0 Å². The number of hydrogen-bond acceptors (Lipinski definition) is 5. The largest absolute Gasteiger partial charge is 0.396 e. The minimum atomic E-state index is -1.23. The fourth-order valence-corrected chi connectivity index (χ4v) is 7.97. The summed E-state index contributed by atoms with van der Waals surface area (Å²) in [4.78, 5) is 48.9. The summed E-state index contributed by atoms with van der Waals surface area (Å²) in [6.07, 6.45) is 14.9. The lowest BCUT2D eigenvalue weighted by atomic mass is 9.73. The molecule has 1 saturated carbocycles. The van der Waals surface area contributed by atoms with Gasteiger partial charge in [0, 0.05) is 38.0 Å². The lowest BCUT2D eigenvalue weighted by Crippen LogP contribution is -2.57. The van der Waals surface area contributed by atoms with Gasteiger partial charge >= 0.3 is 0 Å². The Labute approximate surface area is 236 Å². The molecule has 3 amide bonds. The number of aliphatic hydroxyl groups is 1. The first-order valence-electron chi connectivity index (χ1n) is 15.1. The van der Waals surface area contributed by atoms with E-state index in [0.717, 1.165) is 31.4 Å². The van der Waals surface area contributed by atoms with Gasteiger partial charge < -0.3 is 24.5 Å². The van der Waals surface area contributed by atoms with Crippen LogP contribution in [0.2, 0.25) is 0 Å². The highest BCUT2D eigenvalue weighted by Gasteiger charge is 2.75. The molecule has 1 aliphatic carbocycles. The van der Waals surface area contributed by atoms with Gasteiger partial charge in [-0.05, 0) is 44.2 Å². The van der Waals surface area contributed by atoms with Gasteiger partial charge in [0.25, 0.3) is 0 Å². The molecule has 214 valence electrons. The van der Waals surface area contributed by atoms with Gasteiger partial charge in [-0.25, -0.2) is 0 Å². The second kappa shape index (κ2) is 10.8. The number of likely N-dealkylation sites (tertiary alicyclic amines) is 1. The number of fused-ring (bicyclic) bond motifs is 2. The quantitative estimate of drug-likeness (QED) is 0.417. The van der Waals surface area contributed by atoms with Crippen LogP contribution in [0.5, 0.6) is 0 Å². The molecule has 6 rings (SSSR count). The molecular weight excluding hydrogens is 506 g/mol. The van der Waals surface area contributed by atoms with Crippen molar-refractivity contribution in [2.75, 3.05) is 31.1 Å². The molecule has 0 aromatic heterocycles. The Morgan fingerprint density at radius 1 is 0.900 bits per heavy atom. The molecule has 40 heavy (non-hydrogen) atoms. The zero-order valence-electron chi connectivity index (χ0n) is 23.4. The van der Waals surface area contributed by atoms with Crippen LogP contribution < -0.4 is 4.90 Å². The summed E-state index contributed by atoms with van der Waals surface area (Å²) in [7, 11) is 0. The number of para-hydroxylation sites is 1. The Hall–Kier alpha value is -2.97. The predicted molar refractivity (Wildman–Crippen MR) is 151 cm³/mol. The van der Waals surface area contributed by atoms with E-state index in [-0.39, 0.29) is 30.4 Å². The fraction of sp³-hybridized carbons (Fsp3) is 0.594. The third-order valence-electron chi connectivity index (χ3n) is 9.86. The number of unbranched alkanes of at least 4 members (excludes halogenated alkanes) is 1. The minimum absolute atomic E-state index is 0.0245. The van der Waals surface area contributed by atoms with E-state index in [0.29, 0.717) is 38.9 Å². The molecule has 1 aromatic carbocycles. The first-order chi connectivity index (χ1) is 19.5. The molecular formula is C32H41N3O5. The van der Waals surface area contributed by atoms with E-state index in [1.807, 2.05) is 66.5 Å². The first kappa shape index (κ1) is 27.2. The molecule has 1 unspecified atom stereocenters. The highest BCUT2D eigenvalue weighted by Crippen LogP contribution is 2.58. The van der Waals surface area contributed by atoms with Gasteiger partial charge in [-0.15, -0.1) is 0 Å². The van der Waals surface area contributed by atoms with Gasteiger partial charge in [0.2, 0.25) is 17.7 Å². The SMILES string of the molecule is CC[C@@]12C=CCN(c3ccccc3)C(=O)[C@@H]1[C@H]1C(=O)N(CCCCO)C3C(=O)N(C4CCCCC4)CC=C[C@@]31O2. The normalized spacial score (nSPS) is 34.1. The smallest absolute Gasteiger partial charge is 0.249 e. The number of carbonyl (C=O) groups is 3. The molecule has 8 heteroatoms. The standard InChI is InChI=1S/C32H41N3O5/c1-2-31-17-11-20-33(23-13-5-3-6-14-23)28(37)25(31)26-29(38)35(19-9-10-22-36)27-30(39)34(24-15-7-4-8-16-24)21-12-18-32(26,27)40-31/h3,5-6,11-14,17-18,24-27,36H,2,4,7-10,15-16,19-22H2,1H3/t25-,26-,27?,31+,32-/m0/s1. The molecule has 3 fully saturated rings. The molecule has 2 saturated heterocycles. The average Bonchev–Trinajstić information content (AvgIpc) is 3.26. The van der Waals surface area contributed by atoms with Crippen molar-refractivity contribution in [3.8, 4) is 0 Å². The monoisotopic (exact) mass is 547 g/mol. The molecule has 4 aliphatic heterocycles. The lowest BCUT2D eigenvalue weighted by Gasteiger charge is -2.40. The van der Waals surface area contributed by atoms with Crippen molar-refractivity contribution in [2.24, 2.45) is 11.8 Å². The van der Waals surface area contributed by atoms with Crippen LogP contribution in [0, 0.1) is 11.8 Å². The predicted octanol–water partition coefficient (Wildman–Crippen LogP) is 3.45. The van der Waals surface area contributed by atoms with Crippen LogP contribution in [0.1, 0.15) is 58.3 Å². The summed E-state index contributed by atoms with van der Waals surface area (Å²) >= 11 is 0. The number of amides is 3. The van der Waals surface area contributed by atoms with Crippen LogP contribution in [0.25, 0.3) is 0 Å². The van der Waals surface area contributed by atoms with Gasteiger partial charge in [0.05, 0.1) is 17.4 Å². The molecule has 1 N–H and O–H groups in total. The maximum atomic E-state index is 14.5. The lowest BCUT2D eigenvalue weighted by molar-refractivity contribution is -0.154. The molecule has 0 radical (unpaired) electrons. The number of rotatable bonds is 7. The molecule has 5 atom stereocenters. The maximum Gasteiger partial charge on any atom is 0.249 e.